The molecule has 1 aromatic rings. The van der Waals surface area contributed by atoms with Crippen molar-refractivity contribution < 1.29 is 9.47 Å². The smallest absolute Gasteiger partial charge is 0.161 e. The van der Waals surface area contributed by atoms with Gasteiger partial charge in [-0.1, -0.05) is 6.07 Å². The number of halogens is 1. The summed E-state index contributed by atoms with van der Waals surface area (Å²) in [4.78, 5) is 0. The molecule has 3 heteroatoms. The second-order valence-corrected chi connectivity index (χ2v) is 2.82. The van der Waals surface area contributed by atoms with Crippen LogP contribution in [0.5, 0.6) is 11.5 Å². The van der Waals surface area contributed by atoms with Gasteiger partial charge in [-0.2, -0.15) is 0 Å². The van der Waals surface area contributed by atoms with Crippen molar-refractivity contribution in [2.24, 2.45) is 0 Å². The number of benzene rings is 1. The van der Waals surface area contributed by atoms with E-state index in [0.29, 0.717) is 12.5 Å². The highest BCUT2D eigenvalue weighted by molar-refractivity contribution is 6.17. The lowest BCUT2D eigenvalue weighted by Gasteiger charge is -2.09. The molecule has 0 saturated heterocycles. The minimum absolute atomic E-state index is 0.490. The largest absolute Gasteiger partial charge is 0.493 e. The summed E-state index contributed by atoms with van der Waals surface area (Å²) in [6.45, 7) is 2.56. The minimum atomic E-state index is 0.490. The Morgan fingerprint density at radius 3 is 2.62 bits per heavy atom. The summed E-state index contributed by atoms with van der Waals surface area (Å²) in [6.07, 6.45) is 0. The van der Waals surface area contributed by atoms with E-state index < -0.39 is 0 Å². The number of hydrogen-bond acceptors (Lipinski definition) is 2. The van der Waals surface area contributed by atoms with Gasteiger partial charge in [0.25, 0.3) is 0 Å². The van der Waals surface area contributed by atoms with Crippen LogP contribution in [0, 0.1) is 0 Å². The molecule has 13 heavy (non-hydrogen) atoms. The Hall–Kier alpha value is -0.890. The maximum atomic E-state index is 5.70. The molecule has 0 bridgehead atoms. The Morgan fingerprint density at radius 1 is 1.31 bits per heavy atom. The molecule has 0 atom stereocenters. The number of hydrogen-bond donors (Lipinski definition) is 0. The molecule has 0 aromatic heterocycles. The van der Waals surface area contributed by atoms with Gasteiger partial charge >= 0.3 is 0 Å². The summed E-state index contributed by atoms with van der Waals surface area (Å²) in [7, 11) is 1.62. The lowest BCUT2D eigenvalue weighted by Crippen LogP contribution is -1.95. The van der Waals surface area contributed by atoms with Gasteiger partial charge in [0.05, 0.1) is 13.7 Å². The average molecular weight is 201 g/mol. The standard InChI is InChI=1S/C10H13ClO2/c1-3-13-10-6-8(7-11)4-5-9(10)12-2/h4-6H,3,7H2,1-2H3. The van der Waals surface area contributed by atoms with E-state index in [-0.39, 0.29) is 0 Å². The third-order valence-electron chi connectivity index (χ3n) is 1.68. The molecule has 0 aliphatic heterocycles. The van der Waals surface area contributed by atoms with Crippen LogP contribution >= 0.6 is 11.6 Å². The van der Waals surface area contributed by atoms with Crippen LogP contribution in [0.2, 0.25) is 0 Å². The number of methoxy groups -OCH3 is 1. The average Bonchev–Trinajstić information content (AvgIpc) is 2.18. The van der Waals surface area contributed by atoms with E-state index in [9.17, 15) is 0 Å². The molecule has 1 rings (SSSR count). The van der Waals surface area contributed by atoms with Gasteiger partial charge in [-0.15, -0.1) is 11.6 Å². The molecule has 0 spiro atoms. The second kappa shape index (κ2) is 4.97. The zero-order chi connectivity index (χ0) is 9.68. The first-order chi connectivity index (χ1) is 6.31. The van der Waals surface area contributed by atoms with Crippen molar-refractivity contribution >= 4 is 11.6 Å². The van der Waals surface area contributed by atoms with Crippen LogP contribution in [-0.2, 0) is 5.88 Å². The van der Waals surface area contributed by atoms with Crippen molar-refractivity contribution in [3.63, 3.8) is 0 Å². The van der Waals surface area contributed by atoms with Crippen LogP contribution in [0.4, 0.5) is 0 Å². The molecule has 0 radical (unpaired) electrons. The van der Waals surface area contributed by atoms with Crippen molar-refractivity contribution in [2.75, 3.05) is 13.7 Å². The molecule has 0 aliphatic carbocycles. The van der Waals surface area contributed by atoms with Gasteiger partial charge in [-0.3, -0.25) is 0 Å². The summed E-state index contributed by atoms with van der Waals surface area (Å²) in [5.41, 5.74) is 1.03. The SMILES string of the molecule is CCOc1cc(CCl)ccc1OC. The van der Waals surface area contributed by atoms with E-state index in [1.165, 1.54) is 0 Å². The normalized spacial score (nSPS) is 9.77. The van der Waals surface area contributed by atoms with Gasteiger partial charge in [0.1, 0.15) is 0 Å². The molecule has 0 amide bonds. The number of ether oxygens (including phenoxy) is 2. The Bertz CT molecular complexity index is 274. The van der Waals surface area contributed by atoms with E-state index >= 15 is 0 Å². The van der Waals surface area contributed by atoms with Gasteiger partial charge in [-0.25, -0.2) is 0 Å². The van der Waals surface area contributed by atoms with E-state index in [4.69, 9.17) is 21.1 Å². The van der Waals surface area contributed by atoms with Gasteiger partial charge in [-0.05, 0) is 24.6 Å². The fourth-order valence-electron chi connectivity index (χ4n) is 1.07. The number of rotatable bonds is 4. The van der Waals surface area contributed by atoms with Crippen LogP contribution in [0.3, 0.4) is 0 Å². The zero-order valence-electron chi connectivity index (χ0n) is 7.84. The second-order valence-electron chi connectivity index (χ2n) is 2.55. The highest BCUT2D eigenvalue weighted by Crippen LogP contribution is 2.28. The molecule has 0 saturated carbocycles. The number of alkyl halides is 1. The monoisotopic (exact) mass is 200 g/mol. The first kappa shape index (κ1) is 10.2. The van der Waals surface area contributed by atoms with E-state index in [0.717, 1.165) is 17.1 Å². The molecule has 0 fully saturated rings. The van der Waals surface area contributed by atoms with E-state index in [2.05, 4.69) is 0 Å². The molecule has 1 aromatic carbocycles. The van der Waals surface area contributed by atoms with Crippen molar-refractivity contribution in [3.8, 4) is 11.5 Å². The van der Waals surface area contributed by atoms with Crippen molar-refractivity contribution in [1.29, 1.82) is 0 Å². The molecule has 0 heterocycles. The Balaban J connectivity index is 2.95. The zero-order valence-corrected chi connectivity index (χ0v) is 8.60. The van der Waals surface area contributed by atoms with Gasteiger partial charge in [0, 0.05) is 5.88 Å². The molecule has 0 aliphatic rings. The highest BCUT2D eigenvalue weighted by atomic mass is 35.5. The highest BCUT2D eigenvalue weighted by Gasteiger charge is 2.03. The minimum Gasteiger partial charge on any atom is -0.493 e. The van der Waals surface area contributed by atoms with Crippen LogP contribution in [-0.4, -0.2) is 13.7 Å². The fourth-order valence-corrected chi connectivity index (χ4v) is 1.24. The van der Waals surface area contributed by atoms with Gasteiger partial charge in [0.2, 0.25) is 0 Å². The van der Waals surface area contributed by atoms with Crippen molar-refractivity contribution in [2.45, 2.75) is 12.8 Å². The maximum absolute atomic E-state index is 5.70. The lowest BCUT2D eigenvalue weighted by atomic mass is 10.2. The Labute approximate surface area is 83.4 Å². The van der Waals surface area contributed by atoms with E-state index in [1.54, 1.807) is 7.11 Å². The molecule has 0 N–H and O–H groups in total. The van der Waals surface area contributed by atoms with Gasteiger partial charge in [0.15, 0.2) is 11.5 Å². The maximum Gasteiger partial charge on any atom is 0.161 e. The lowest BCUT2D eigenvalue weighted by molar-refractivity contribution is 0.310. The summed E-state index contributed by atoms with van der Waals surface area (Å²) < 4.78 is 10.5. The molecular formula is C10H13ClO2. The predicted molar refractivity (Wildman–Crippen MR) is 53.7 cm³/mol. The Morgan fingerprint density at radius 2 is 2.08 bits per heavy atom. The third-order valence-corrected chi connectivity index (χ3v) is 1.99. The predicted octanol–water partition coefficient (Wildman–Crippen LogP) is 2.83. The summed E-state index contributed by atoms with van der Waals surface area (Å²) in [5.74, 6) is 1.99. The quantitative estimate of drug-likeness (QED) is 0.696. The van der Waals surface area contributed by atoms with Crippen LogP contribution < -0.4 is 9.47 Å². The van der Waals surface area contributed by atoms with E-state index in [1.807, 2.05) is 25.1 Å². The van der Waals surface area contributed by atoms with Gasteiger partial charge < -0.3 is 9.47 Å². The van der Waals surface area contributed by atoms with Crippen LogP contribution in [0.1, 0.15) is 12.5 Å². The summed E-state index contributed by atoms with van der Waals surface area (Å²) in [6, 6.07) is 5.69. The molecular weight excluding hydrogens is 188 g/mol. The Kier molecular flexibility index (Phi) is 3.90. The van der Waals surface area contributed by atoms with Crippen LogP contribution in [0.15, 0.2) is 18.2 Å². The first-order valence-corrected chi connectivity index (χ1v) is 4.71. The van der Waals surface area contributed by atoms with Crippen molar-refractivity contribution in [3.05, 3.63) is 23.8 Å². The molecule has 0 unspecified atom stereocenters. The van der Waals surface area contributed by atoms with Crippen LogP contribution in [0.25, 0.3) is 0 Å². The molecule has 2 nitrogen and oxygen atoms in total. The van der Waals surface area contributed by atoms with Crippen molar-refractivity contribution in [1.82, 2.24) is 0 Å². The third kappa shape index (κ3) is 2.52. The fraction of sp³-hybridized carbons (Fsp3) is 0.400. The topological polar surface area (TPSA) is 18.5 Å². The first-order valence-electron chi connectivity index (χ1n) is 4.17. The molecule has 72 valence electrons. The summed E-state index contributed by atoms with van der Waals surface area (Å²) >= 11 is 5.70. The summed E-state index contributed by atoms with van der Waals surface area (Å²) in [5, 5.41) is 0.